The lowest BCUT2D eigenvalue weighted by Crippen LogP contribution is -1.89. The smallest absolute Gasteiger partial charge is 0.127 e. The molecule has 17 heavy (non-hydrogen) atoms. The van der Waals surface area contributed by atoms with Crippen LogP contribution < -0.4 is 4.74 Å². The quantitative estimate of drug-likeness (QED) is 0.692. The lowest BCUT2D eigenvalue weighted by atomic mass is 10.1. The van der Waals surface area contributed by atoms with Gasteiger partial charge >= 0.3 is 0 Å². The highest BCUT2D eigenvalue weighted by Crippen LogP contribution is 2.30. The monoisotopic (exact) mass is 290 g/mol. The molecule has 0 saturated heterocycles. The average Bonchev–Trinajstić information content (AvgIpc) is 2.39. The summed E-state index contributed by atoms with van der Waals surface area (Å²) in [5.74, 6) is 1.75. The first-order chi connectivity index (χ1) is 8.29. The van der Waals surface area contributed by atoms with Crippen LogP contribution in [0.1, 0.15) is 23.7 Å². The molecule has 1 atom stereocenters. The van der Waals surface area contributed by atoms with Crippen molar-refractivity contribution in [2.75, 3.05) is 0 Å². The molecule has 0 spiro atoms. The standard InChI is InChI=1S/C15H15BrO/c1-2-15(16)12-7-6-10-14(11-12)17-13-8-4-3-5-9-13/h3-11,15H,2H2,1H3. The van der Waals surface area contributed by atoms with E-state index < -0.39 is 0 Å². The summed E-state index contributed by atoms with van der Waals surface area (Å²) in [4.78, 5) is 0.391. The number of halogens is 1. The Kier molecular flexibility index (Phi) is 4.21. The van der Waals surface area contributed by atoms with E-state index in [-0.39, 0.29) is 0 Å². The van der Waals surface area contributed by atoms with Gasteiger partial charge in [0.25, 0.3) is 0 Å². The Bertz CT molecular complexity index is 467. The van der Waals surface area contributed by atoms with E-state index in [1.165, 1.54) is 5.56 Å². The summed E-state index contributed by atoms with van der Waals surface area (Å²) in [6.07, 6.45) is 1.06. The third kappa shape index (κ3) is 3.34. The molecule has 0 fully saturated rings. The number of para-hydroxylation sites is 1. The molecule has 0 aromatic heterocycles. The molecule has 2 rings (SSSR count). The molecular formula is C15H15BrO. The molecule has 0 aliphatic heterocycles. The molecule has 0 heterocycles. The van der Waals surface area contributed by atoms with Crippen molar-refractivity contribution >= 4 is 15.9 Å². The van der Waals surface area contributed by atoms with Crippen molar-refractivity contribution < 1.29 is 4.74 Å². The normalized spacial score (nSPS) is 12.1. The molecule has 0 saturated carbocycles. The van der Waals surface area contributed by atoms with Crippen LogP contribution in [0.3, 0.4) is 0 Å². The van der Waals surface area contributed by atoms with E-state index in [1.54, 1.807) is 0 Å². The van der Waals surface area contributed by atoms with Crippen molar-refractivity contribution in [3.63, 3.8) is 0 Å². The highest BCUT2D eigenvalue weighted by molar-refractivity contribution is 9.09. The summed E-state index contributed by atoms with van der Waals surface area (Å²) in [6.45, 7) is 2.16. The molecule has 0 aliphatic rings. The van der Waals surface area contributed by atoms with Gasteiger partial charge in [0.2, 0.25) is 0 Å². The van der Waals surface area contributed by atoms with Crippen LogP contribution in [0, 0.1) is 0 Å². The van der Waals surface area contributed by atoms with Crippen LogP contribution in [0.2, 0.25) is 0 Å². The molecule has 1 unspecified atom stereocenters. The number of benzene rings is 2. The third-order valence-electron chi connectivity index (χ3n) is 2.56. The van der Waals surface area contributed by atoms with Crippen LogP contribution in [0.15, 0.2) is 54.6 Å². The summed E-state index contributed by atoms with van der Waals surface area (Å²) in [6, 6.07) is 18.0. The first-order valence-electron chi connectivity index (χ1n) is 5.76. The van der Waals surface area contributed by atoms with E-state index in [1.807, 2.05) is 42.5 Å². The SMILES string of the molecule is CCC(Br)c1cccc(Oc2ccccc2)c1. The van der Waals surface area contributed by atoms with Crippen LogP contribution in [0.25, 0.3) is 0 Å². The number of hydrogen-bond donors (Lipinski definition) is 0. The maximum atomic E-state index is 5.79. The van der Waals surface area contributed by atoms with Gasteiger partial charge in [-0.3, -0.25) is 0 Å². The van der Waals surface area contributed by atoms with E-state index >= 15 is 0 Å². The second-order valence-corrected chi connectivity index (χ2v) is 4.97. The molecule has 2 aromatic carbocycles. The molecule has 0 aliphatic carbocycles. The van der Waals surface area contributed by atoms with Crippen molar-refractivity contribution in [2.24, 2.45) is 0 Å². The summed E-state index contributed by atoms with van der Waals surface area (Å²) < 4.78 is 5.79. The molecule has 1 nitrogen and oxygen atoms in total. The predicted molar refractivity (Wildman–Crippen MR) is 74.9 cm³/mol. The zero-order chi connectivity index (χ0) is 12.1. The van der Waals surface area contributed by atoms with Gasteiger partial charge in [-0.2, -0.15) is 0 Å². The van der Waals surface area contributed by atoms with Crippen LogP contribution in [0.4, 0.5) is 0 Å². The molecule has 0 bridgehead atoms. The van der Waals surface area contributed by atoms with Gasteiger partial charge in [-0.15, -0.1) is 0 Å². The summed E-state index contributed by atoms with van der Waals surface area (Å²) in [7, 11) is 0. The van der Waals surface area contributed by atoms with Gasteiger partial charge in [0.05, 0.1) is 0 Å². The van der Waals surface area contributed by atoms with Gasteiger partial charge in [0.1, 0.15) is 11.5 Å². The zero-order valence-corrected chi connectivity index (χ0v) is 11.4. The Morgan fingerprint density at radius 2 is 1.71 bits per heavy atom. The van der Waals surface area contributed by atoms with Crippen molar-refractivity contribution in [1.29, 1.82) is 0 Å². The van der Waals surface area contributed by atoms with E-state index in [9.17, 15) is 0 Å². The maximum absolute atomic E-state index is 5.79. The highest BCUT2D eigenvalue weighted by atomic mass is 79.9. The fraction of sp³-hybridized carbons (Fsp3) is 0.200. The molecule has 2 aromatic rings. The van der Waals surface area contributed by atoms with Crippen molar-refractivity contribution in [1.82, 2.24) is 0 Å². The minimum atomic E-state index is 0.391. The minimum Gasteiger partial charge on any atom is -0.457 e. The van der Waals surface area contributed by atoms with Gasteiger partial charge in [0.15, 0.2) is 0 Å². The summed E-state index contributed by atoms with van der Waals surface area (Å²) in [5.41, 5.74) is 1.25. The van der Waals surface area contributed by atoms with E-state index in [4.69, 9.17) is 4.74 Å². The third-order valence-corrected chi connectivity index (χ3v) is 3.73. The first kappa shape index (κ1) is 12.2. The number of hydrogen-bond acceptors (Lipinski definition) is 1. The molecule has 2 heteroatoms. The van der Waals surface area contributed by atoms with E-state index in [0.29, 0.717) is 4.83 Å². The second-order valence-electron chi connectivity index (χ2n) is 3.86. The fourth-order valence-electron chi connectivity index (χ4n) is 1.63. The Morgan fingerprint density at radius 3 is 2.41 bits per heavy atom. The first-order valence-corrected chi connectivity index (χ1v) is 6.68. The van der Waals surface area contributed by atoms with E-state index in [0.717, 1.165) is 17.9 Å². The van der Waals surface area contributed by atoms with Gasteiger partial charge in [-0.1, -0.05) is 53.2 Å². The lowest BCUT2D eigenvalue weighted by Gasteiger charge is -2.10. The zero-order valence-electron chi connectivity index (χ0n) is 9.77. The Morgan fingerprint density at radius 1 is 1.00 bits per heavy atom. The maximum Gasteiger partial charge on any atom is 0.127 e. The highest BCUT2D eigenvalue weighted by Gasteiger charge is 2.05. The van der Waals surface area contributed by atoms with Gasteiger partial charge in [-0.05, 0) is 36.2 Å². The molecule has 0 amide bonds. The molecular weight excluding hydrogens is 276 g/mol. The van der Waals surface area contributed by atoms with Crippen LogP contribution in [-0.4, -0.2) is 0 Å². The van der Waals surface area contributed by atoms with Crippen LogP contribution >= 0.6 is 15.9 Å². The number of ether oxygens (including phenoxy) is 1. The summed E-state index contributed by atoms with van der Waals surface area (Å²) in [5, 5.41) is 0. The largest absolute Gasteiger partial charge is 0.457 e. The van der Waals surface area contributed by atoms with Gasteiger partial charge < -0.3 is 4.74 Å². The lowest BCUT2D eigenvalue weighted by molar-refractivity contribution is 0.482. The van der Waals surface area contributed by atoms with Gasteiger partial charge in [-0.25, -0.2) is 0 Å². The van der Waals surface area contributed by atoms with Crippen molar-refractivity contribution in [3.8, 4) is 11.5 Å². The van der Waals surface area contributed by atoms with Crippen molar-refractivity contribution in [3.05, 3.63) is 60.2 Å². The molecule has 0 radical (unpaired) electrons. The van der Waals surface area contributed by atoms with Crippen molar-refractivity contribution in [2.45, 2.75) is 18.2 Å². The summed E-state index contributed by atoms with van der Waals surface area (Å²) >= 11 is 3.65. The van der Waals surface area contributed by atoms with E-state index in [2.05, 4.69) is 35.0 Å². The average molecular weight is 291 g/mol. The number of rotatable bonds is 4. The predicted octanol–water partition coefficient (Wildman–Crippen LogP) is 5.32. The Labute approximate surface area is 111 Å². The Balaban J connectivity index is 2.17. The second kappa shape index (κ2) is 5.87. The van der Waals surface area contributed by atoms with Crippen LogP contribution in [0.5, 0.6) is 11.5 Å². The van der Waals surface area contributed by atoms with Gasteiger partial charge in [0, 0.05) is 4.83 Å². The topological polar surface area (TPSA) is 9.23 Å². The molecule has 0 N–H and O–H groups in total. The minimum absolute atomic E-state index is 0.391. The Hall–Kier alpha value is -1.28. The van der Waals surface area contributed by atoms with Crippen LogP contribution in [-0.2, 0) is 0 Å². The number of alkyl halides is 1. The fourth-order valence-corrected chi connectivity index (χ4v) is 1.92. The molecule has 88 valence electrons.